The minimum absolute atomic E-state index is 0.345. The fourth-order valence-corrected chi connectivity index (χ4v) is 2.52. The van der Waals surface area contributed by atoms with Gasteiger partial charge in [-0.15, -0.1) is 0 Å². The van der Waals surface area contributed by atoms with Crippen LogP contribution in [0.5, 0.6) is 17.2 Å². The first-order valence-electron chi connectivity index (χ1n) is 8.23. The van der Waals surface area contributed by atoms with E-state index in [1.807, 2.05) is 37.3 Å². The minimum atomic E-state index is 0.345. The summed E-state index contributed by atoms with van der Waals surface area (Å²) < 4.78 is 16.1. The van der Waals surface area contributed by atoms with Crippen molar-refractivity contribution in [3.8, 4) is 17.2 Å². The normalized spacial score (nSPS) is 11.2. The zero-order chi connectivity index (χ0) is 18.9. The lowest BCUT2D eigenvalue weighted by Gasteiger charge is -2.12. The fourth-order valence-electron chi connectivity index (χ4n) is 2.36. The smallest absolute Gasteiger partial charge is 0.189 e. The van der Waals surface area contributed by atoms with Gasteiger partial charge in [-0.25, -0.2) is 4.99 Å². The predicted molar refractivity (Wildman–Crippen MR) is 104 cm³/mol. The van der Waals surface area contributed by atoms with E-state index >= 15 is 0 Å². The highest BCUT2D eigenvalue weighted by atomic mass is 35.5. The van der Waals surface area contributed by atoms with Crippen LogP contribution in [-0.2, 0) is 13.1 Å². The number of nitrogens with zero attached hydrogens (tertiary/aromatic N) is 1. The fraction of sp³-hybridized carbons (Fsp3) is 0.316. The molecule has 0 atom stereocenters. The molecule has 0 saturated heterocycles. The molecule has 26 heavy (non-hydrogen) atoms. The van der Waals surface area contributed by atoms with E-state index in [1.54, 1.807) is 20.3 Å². The van der Waals surface area contributed by atoms with E-state index in [1.165, 1.54) is 0 Å². The Morgan fingerprint density at radius 2 is 1.85 bits per heavy atom. The van der Waals surface area contributed by atoms with E-state index in [4.69, 9.17) is 31.5 Å². The number of ether oxygens (including phenoxy) is 3. The third-order valence-corrected chi connectivity index (χ3v) is 3.90. The lowest BCUT2D eigenvalue weighted by atomic mass is 10.2. The number of halogens is 1. The Morgan fingerprint density at radius 3 is 2.54 bits per heavy atom. The summed E-state index contributed by atoms with van der Waals surface area (Å²) in [6.45, 7) is 3.42. The van der Waals surface area contributed by atoms with Gasteiger partial charge < -0.3 is 25.3 Å². The number of nitrogens with one attached hydrogen (secondary N) is 1. The Labute approximate surface area is 158 Å². The number of hydrogen-bond donors (Lipinski definition) is 2. The van der Waals surface area contributed by atoms with Crippen LogP contribution in [-0.4, -0.2) is 26.8 Å². The molecule has 0 aliphatic carbocycles. The first kappa shape index (κ1) is 19.7. The van der Waals surface area contributed by atoms with E-state index in [0.717, 1.165) is 16.9 Å². The van der Waals surface area contributed by atoms with Gasteiger partial charge >= 0.3 is 0 Å². The number of nitrogens with two attached hydrogens (primary N) is 1. The van der Waals surface area contributed by atoms with E-state index < -0.39 is 0 Å². The second-order valence-corrected chi connectivity index (χ2v) is 5.87. The monoisotopic (exact) mass is 377 g/mol. The van der Waals surface area contributed by atoms with Crippen LogP contribution in [0.2, 0.25) is 5.02 Å². The summed E-state index contributed by atoms with van der Waals surface area (Å²) in [6.07, 6.45) is 0. The van der Waals surface area contributed by atoms with Crippen molar-refractivity contribution in [3.05, 3.63) is 52.5 Å². The number of guanidine groups is 1. The molecule has 0 bridgehead atoms. The van der Waals surface area contributed by atoms with Crippen molar-refractivity contribution >= 4 is 17.6 Å². The predicted octanol–water partition coefficient (Wildman–Crippen LogP) is 3.36. The molecule has 2 aromatic carbocycles. The van der Waals surface area contributed by atoms with Crippen molar-refractivity contribution in [2.45, 2.75) is 20.0 Å². The summed E-state index contributed by atoms with van der Waals surface area (Å²) in [5.41, 5.74) is 7.89. The molecule has 0 unspecified atom stereocenters. The van der Waals surface area contributed by atoms with Crippen molar-refractivity contribution < 1.29 is 14.2 Å². The van der Waals surface area contributed by atoms with Gasteiger partial charge in [0.2, 0.25) is 0 Å². The van der Waals surface area contributed by atoms with Crippen molar-refractivity contribution in [2.75, 3.05) is 20.8 Å². The van der Waals surface area contributed by atoms with Crippen LogP contribution in [0.1, 0.15) is 18.1 Å². The first-order valence-corrected chi connectivity index (χ1v) is 8.61. The second-order valence-electron chi connectivity index (χ2n) is 5.43. The van der Waals surface area contributed by atoms with Crippen LogP contribution in [0.3, 0.4) is 0 Å². The summed E-state index contributed by atoms with van der Waals surface area (Å²) >= 11 is 6.01. The van der Waals surface area contributed by atoms with E-state index in [2.05, 4.69) is 10.3 Å². The molecular formula is C19H24ClN3O3. The van der Waals surface area contributed by atoms with Crippen molar-refractivity contribution in [2.24, 2.45) is 10.7 Å². The molecule has 0 heterocycles. The lowest BCUT2D eigenvalue weighted by molar-refractivity contribution is 0.336. The average Bonchev–Trinajstić information content (AvgIpc) is 2.65. The molecule has 0 aromatic heterocycles. The average molecular weight is 378 g/mol. The van der Waals surface area contributed by atoms with Crippen LogP contribution in [0.15, 0.2) is 41.4 Å². The number of hydrogen-bond acceptors (Lipinski definition) is 4. The maximum absolute atomic E-state index is 6.01. The molecule has 6 nitrogen and oxygen atoms in total. The topological polar surface area (TPSA) is 78.1 Å². The third kappa shape index (κ3) is 5.46. The maximum atomic E-state index is 6.01. The van der Waals surface area contributed by atoms with Crippen molar-refractivity contribution in [3.63, 3.8) is 0 Å². The Bertz CT molecular complexity index is 766. The highest BCUT2D eigenvalue weighted by Crippen LogP contribution is 2.27. The van der Waals surface area contributed by atoms with Gasteiger partial charge in [-0.2, -0.15) is 0 Å². The Morgan fingerprint density at radius 1 is 1.08 bits per heavy atom. The molecule has 0 aliphatic heterocycles. The van der Waals surface area contributed by atoms with Gasteiger partial charge in [0.05, 0.1) is 27.4 Å². The van der Waals surface area contributed by atoms with Gasteiger partial charge in [-0.3, -0.25) is 0 Å². The molecule has 0 saturated carbocycles. The molecule has 3 N–H and O–H groups in total. The van der Waals surface area contributed by atoms with Crippen molar-refractivity contribution in [1.29, 1.82) is 0 Å². The highest BCUT2D eigenvalue weighted by molar-refractivity contribution is 6.30. The lowest BCUT2D eigenvalue weighted by Crippen LogP contribution is -2.31. The van der Waals surface area contributed by atoms with E-state index in [-0.39, 0.29) is 0 Å². The van der Waals surface area contributed by atoms with Crippen molar-refractivity contribution in [1.82, 2.24) is 5.32 Å². The molecular weight excluding hydrogens is 354 g/mol. The number of aliphatic imine (C=N–C) groups is 1. The maximum Gasteiger partial charge on any atom is 0.189 e. The van der Waals surface area contributed by atoms with E-state index in [0.29, 0.717) is 42.2 Å². The number of rotatable bonds is 8. The molecule has 0 radical (unpaired) electrons. The largest absolute Gasteiger partial charge is 0.493 e. The van der Waals surface area contributed by atoms with Gasteiger partial charge in [0.1, 0.15) is 5.75 Å². The Hall–Kier alpha value is -2.60. The molecule has 0 aliphatic rings. The summed E-state index contributed by atoms with van der Waals surface area (Å²) in [4.78, 5) is 4.35. The molecule has 0 spiro atoms. The highest BCUT2D eigenvalue weighted by Gasteiger charge is 2.06. The first-order chi connectivity index (χ1) is 12.6. The molecule has 2 rings (SSSR count). The Kier molecular flexibility index (Phi) is 7.41. The van der Waals surface area contributed by atoms with Crippen LogP contribution < -0.4 is 25.3 Å². The number of methoxy groups -OCH3 is 2. The molecule has 140 valence electrons. The van der Waals surface area contributed by atoms with Crippen LogP contribution in [0.4, 0.5) is 0 Å². The summed E-state index contributed by atoms with van der Waals surface area (Å²) in [6, 6.07) is 11.2. The van der Waals surface area contributed by atoms with Crippen LogP contribution >= 0.6 is 11.6 Å². The SMILES string of the molecule is CCOc1cc(Cl)ccc1CNC(N)=NCc1ccc(OC)c(OC)c1. The van der Waals surface area contributed by atoms with Gasteiger partial charge in [0.25, 0.3) is 0 Å². The summed E-state index contributed by atoms with van der Waals surface area (Å²) in [7, 11) is 3.20. The van der Waals surface area contributed by atoms with E-state index in [9.17, 15) is 0 Å². The van der Waals surface area contributed by atoms with Gasteiger partial charge in [0, 0.05) is 17.1 Å². The summed E-state index contributed by atoms with van der Waals surface area (Å²) in [5.74, 6) is 2.42. The zero-order valence-electron chi connectivity index (χ0n) is 15.2. The van der Waals surface area contributed by atoms with Crippen LogP contribution in [0.25, 0.3) is 0 Å². The number of benzene rings is 2. The van der Waals surface area contributed by atoms with Gasteiger partial charge in [-0.05, 0) is 36.8 Å². The third-order valence-electron chi connectivity index (χ3n) is 3.67. The second kappa shape index (κ2) is 9.77. The molecule has 0 amide bonds. The standard InChI is InChI=1S/C19H24ClN3O3/c1-4-26-17-10-15(20)7-6-14(17)12-23-19(21)22-11-13-5-8-16(24-2)18(9-13)25-3/h5-10H,4,11-12H2,1-3H3,(H3,21,22,23). The van der Waals surface area contributed by atoms with Gasteiger partial charge in [-0.1, -0.05) is 23.7 Å². The van der Waals surface area contributed by atoms with Crippen LogP contribution in [0, 0.1) is 0 Å². The quantitative estimate of drug-likeness (QED) is 0.544. The molecule has 0 fully saturated rings. The summed E-state index contributed by atoms with van der Waals surface area (Å²) in [5, 5.41) is 3.72. The molecule has 7 heteroatoms. The van der Waals surface area contributed by atoms with Gasteiger partial charge in [0.15, 0.2) is 17.5 Å². The zero-order valence-corrected chi connectivity index (χ0v) is 16.0. The minimum Gasteiger partial charge on any atom is -0.493 e. The molecule has 2 aromatic rings. The Balaban J connectivity index is 1.99.